The third kappa shape index (κ3) is 5.30. The van der Waals surface area contributed by atoms with Crippen LogP contribution in [-0.4, -0.2) is 17.4 Å². The number of benzene rings is 3. The molecule has 0 fully saturated rings. The molecule has 0 saturated carbocycles. The van der Waals surface area contributed by atoms with E-state index in [1.807, 2.05) is 49.4 Å². The number of rotatable bonds is 8. The maximum atomic E-state index is 14.2. The number of nitrogens with one attached hydrogen (secondary N) is 1. The number of halogens is 3. The molecule has 2 N–H and O–H groups in total. The normalized spacial score (nSPS) is 12.7. The van der Waals surface area contributed by atoms with Crippen molar-refractivity contribution < 1.29 is 33.1 Å². The van der Waals surface area contributed by atoms with Crippen LogP contribution in [-0.2, 0) is 16.1 Å². The van der Waals surface area contributed by atoms with Crippen molar-refractivity contribution in [3.8, 4) is 5.75 Å². The molecule has 0 unspecified atom stereocenters. The number of H-pyrrole nitrogens is 1. The largest absolute Gasteiger partial charge is 0.497 e. The van der Waals surface area contributed by atoms with Crippen molar-refractivity contribution >= 4 is 28.1 Å². The van der Waals surface area contributed by atoms with Crippen LogP contribution in [0, 0.1) is 0 Å². The van der Waals surface area contributed by atoms with E-state index in [0.717, 1.165) is 34.4 Å². The fraction of sp³-hybridized carbons (Fsp3) is 0.143. The highest BCUT2D eigenvalue weighted by Gasteiger charge is 2.35. The number of methoxy groups -OCH3 is 1. The summed E-state index contributed by atoms with van der Waals surface area (Å²) in [4.78, 5) is 7.71. The van der Waals surface area contributed by atoms with Crippen LogP contribution in [0.15, 0.2) is 79.1 Å². The minimum atomic E-state index is -4.57. The number of aromatic nitrogens is 1. The van der Waals surface area contributed by atoms with Gasteiger partial charge in [-0.25, -0.2) is 5.26 Å². The van der Waals surface area contributed by atoms with Gasteiger partial charge in [0.15, 0.2) is 0 Å². The van der Waals surface area contributed by atoms with Crippen molar-refractivity contribution in [3.63, 3.8) is 0 Å². The van der Waals surface area contributed by atoms with Gasteiger partial charge >= 0.3 is 6.18 Å². The third-order valence-corrected chi connectivity index (χ3v) is 5.87. The lowest BCUT2D eigenvalue weighted by Gasteiger charge is -2.20. The van der Waals surface area contributed by atoms with Gasteiger partial charge in [0.25, 0.3) is 0 Å². The van der Waals surface area contributed by atoms with Crippen LogP contribution in [0.4, 0.5) is 13.2 Å². The molecular formula is C28H24F3NO4. The molecule has 1 heterocycles. The summed E-state index contributed by atoms with van der Waals surface area (Å²) in [6, 6.07) is 20.9. The highest BCUT2D eigenvalue weighted by molar-refractivity contribution is 6.01. The quantitative estimate of drug-likeness (QED) is 0.113. The van der Waals surface area contributed by atoms with Crippen molar-refractivity contribution in [1.82, 2.24) is 4.98 Å². The van der Waals surface area contributed by atoms with Gasteiger partial charge in [0.1, 0.15) is 12.0 Å². The minimum Gasteiger partial charge on any atom is -0.497 e. The molecule has 8 heteroatoms. The Morgan fingerprint density at radius 2 is 1.75 bits per heavy atom. The second kappa shape index (κ2) is 10.7. The monoisotopic (exact) mass is 495 g/mol. The summed E-state index contributed by atoms with van der Waals surface area (Å²) in [6.45, 7) is 1.84. The number of hydrogen-bond acceptors (Lipinski definition) is 4. The first-order valence-corrected chi connectivity index (χ1v) is 11.2. The Kier molecular flexibility index (Phi) is 7.47. The molecule has 186 valence electrons. The van der Waals surface area contributed by atoms with Gasteiger partial charge in [-0.3, -0.25) is 0 Å². The van der Waals surface area contributed by atoms with Crippen molar-refractivity contribution in [1.29, 1.82) is 0 Å². The van der Waals surface area contributed by atoms with Crippen molar-refractivity contribution in [3.05, 3.63) is 107 Å². The number of aromatic amines is 1. The number of fused-ring (bicyclic) bond motifs is 1. The summed E-state index contributed by atoms with van der Waals surface area (Å²) < 4.78 is 47.6. The molecule has 5 nitrogen and oxygen atoms in total. The average molecular weight is 495 g/mol. The van der Waals surface area contributed by atoms with Crippen LogP contribution in [0.5, 0.6) is 5.75 Å². The molecular weight excluding hydrogens is 471 g/mol. The lowest BCUT2D eigenvalue weighted by atomic mass is 9.88. The number of para-hydroxylation sites is 1. The first kappa shape index (κ1) is 25.1. The highest BCUT2D eigenvalue weighted by atomic mass is 19.4. The topological polar surface area (TPSA) is 63.7 Å². The van der Waals surface area contributed by atoms with Crippen LogP contribution in [0.2, 0.25) is 0 Å². The molecule has 1 aromatic heterocycles. The van der Waals surface area contributed by atoms with E-state index in [-0.39, 0.29) is 11.3 Å². The molecule has 4 aromatic rings. The molecule has 0 saturated heterocycles. The molecule has 0 aliphatic carbocycles. The highest BCUT2D eigenvalue weighted by Crippen LogP contribution is 2.42. The fourth-order valence-corrected chi connectivity index (χ4v) is 4.24. The molecule has 0 aliphatic rings. The predicted octanol–water partition coefficient (Wildman–Crippen LogP) is 7.96. The van der Waals surface area contributed by atoms with Gasteiger partial charge in [-0.15, -0.1) is 0 Å². The Morgan fingerprint density at radius 1 is 1.00 bits per heavy atom. The summed E-state index contributed by atoms with van der Waals surface area (Å²) in [5, 5.41) is 12.8. The van der Waals surface area contributed by atoms with Crippen molar-refractivity contribution in [2.45, 2.75) is 19.5 Å². The molecule has 36 heavy (non-hydrogen) atoms. The van der Waals surface area contributed by atoms with Gasteiger partial charge in [0.2, 0.25) is 0 Å². The second-order valence-corrected chi connectivity index (χ2v) is 7.98. The van der Waals surface area contributed by atoms with Crippen LogP contribution < -0.4 is 4.74 Å². The van der Waals surface area contributed by atoms with E-state index in [0.29, 0.717) is 23.3 Å². The third-order valence-electron chi connectivity index (χ3n) is 5.87. The Hall–Kier alpha value is -4.01. The summed E-state index contributed by atoms with van der Waals surface area (Å²) >= 11 is 0. The summed E-state index contributed by atoms with van der Waals surface area (Å²) in [5.74, 6) is 0.138. The Balaban J connectivity index is 1.97. The van der Waals surface area contributed by atoms with E-state index in [2.05, 4.69) is 14.9 Å². The lowest BCUT2D eigenvalue weighted by Crippen LogP contribution is -2.10. The first-order valence-electron chi connectivity index (χ1n) is 11.2. The Labute approximate surface area is 205 Å². The zero-order chi connectivity index (χ0) is 25.7. The number of ether oxygens (including phenoxy) is 1. The van der Waals surface area contributed by atoms with E-state index in [1.165, 1.54) is 13.2 Å². The Morgan fingerprint density at radius 3 is 2.39 bits per heavy atom. The molecule has 0 amide bonds. The maximum Gasteiger partial charge on any atom is 0.417 e. The minimum absolute atomic E-state index is 0.0944. The molecule has 4 rings (SSSR count). The molecule has 0 atom stereocenters. The summed E-state index contributed by atoms with van der Waals surface area (Å²) in [5.41, 5.74) is 3.60. The van der Waals surface area contributed by atoms with E-state index in [9.17, 15) is 13.2 Å². The predicted molar refractivity (Wildman–Crippen MR) is 133 cm³/mol. The van der Waals surface area contributed by atoms with Crippen LogP contribution in [0.25, 0.3) is 28.1 Å². The van der Waals surface area contributed by atoms with E-state index in [1.54, 1.807) is 24.3 Å². The number of alkyl halides is 3. The van der Waals surface area contributed by atoms with Gasteiger partial charge < -0.3 is 14.6 Å². The average Bonchev–Trinajstić information content (AvgIpc) is 3.31. The van der Waals surface area contributed by atoms with Crippen LogP contribution >= 0.6 is 0 Å². The molecule has 3 aromatic carbocycles. The maximum absolute atomic E-state index is 14.2. The Bertz CT molecular complexity index is 1370. The van der Waals surface area contributed by atoms with Gasteiger partial charge in [0.05, 0.1) is 12.7 Å². The number of hydrogen-bond donors (Lipinski definition) is 2. The zero-order valence-corrected chi connectivity index (χ0v) is 19.6. The van der Waals surface area contributed by atoms with Gasteiger partial charge in [0, 0.05) is 22.2 Å². The van der Waals surface area contributed by atoms with Gasteiger partial charge in [-0.05, 0) is 64.1 Å². The number of allylic oxidation sites excluding steroid dienone is 1. The van der Waals surface area contributed by atoms with Crippen molar-refractivity contribution in [2.24, 2.45) is 0 Å². The van der Waals surface area contributed by atoms with E-state index >= 15 is 0 Å². The zero-order valence-electron chi connectivity index (χ0n) is 19.6. The second-order valence-electron chi connectivity index (χ2n) is 7.98. The first-order chi connectivity index (χ1) is 17.4. The summed E-state index contributed by atoms with van der Waals surface area (Å²) in [7, 11) is 1.34. The van der Waals surface area contributed by atoms with Crippen LogP contribution in [0.1, 0.15) is 41.3 Å². The van der Waals surface area contributed by atoms with E-state index < -0.39 is 11.7 Å². The van der Waals surface area contributed by atoms with Gasteiger partial charge in [-0.2, -0.15) is 13.2 Å². The van der Waals surface area contributed by atoms with E-state index in [4.69, 9.17) is 9.99 Å². The van der Waals surface area contributed by atoms with Crippen molar-refractivity contribution in [2.75, 3.05) is 7.11 Å². The smallest absolute Gasteiger partial charge is 0.417 e. The summed E-state index contributed by atoms with van der Waals surface area (Å²) in [6.07, 6.45) is -1.49. The fourth-order valence-electron chi connectivity index (χ4n) is 4.24. The molecule has 0 spiro atoms. The standard InChI is InChI=1S/C28H24F3NO4/c1-3-22(23-13-12-21(34-2)17-24(23)28(29,30)31)27(26-16-20-6-4-5-7-25(20)32-26)19-10-8-18(9-11-19)14-15-35-36-33/h4-17,32-33H,3H2,1-2H3/b15-14+,27-22+. The molecule has 0 bridgehead atoms. The van der Waals surface area contributed by atoms with Crippen LogP contribution in [0.3, 0.4) is 0 Å². The SMILES string of the molecule is CC/C(=C(/c1ccc(/C=C/OOO)cc1)c1cc2ccccc2[nH]1)c1ccc(OC)cc1C(F)(F)F. The van der Waals surface area contributed by atoms with Gasteiger partial charge in [-0.1, -0.05) is 55.5 Å². The lowest BCUT2D eigenvalue weighted by molar-refractivity contribution is -0.465. The molecule has 0 aliphatic heterocycles. The molecule has 0 radical (unpaired) electrons.